The Labute approximate surface area is 132 Å². The molecule has 5 heteroatoms. The number of nitrogens with zero attached hydrogens (tertiary/aromatic N) is 2. The summed E-state index contributed by atoms with van der Waals surface area (Å²) in [6, 6.07) is 0. The molecular weight excluding hydrogens is 288 g/mol. The normalized spacial score (nSPS) is 19.6. The number of aliphatic hydroxyl groups excluding tert-OH is 1. The molecule has 1 N–H and O–H groups in total. The van der Waals surface area contributed by atoms with Crippen molar-refractivity contribution in [2.75, 3.05) is 6.61 Å². The molecule has 1 aromatic rings. The minimum absolute atomic E-state index is 0.180. The summed E-state index contributed by atoms with van der Waals surface area (Å²) in [6.07, 6.45) is 7.70. The molecule has 21 heavy (non-hydrogen) atoms. The molecule has 120 valence electrons. The van der Waals surface area contributed by atoms with Gasteiger partial charge in [0.15, 0.2) is 0 Å². The van der Waals surface area contributed by atoms with Crippen LogP contribution in [0.3, 0.4) is 0 Å². The van der Waals surface area contributed by atoms with Crippen LogP contribution < -0.4 is 0 Å². The molecule has 1 saturated carbocycles. The lowest BCUT2D eigenvalue weighted by atomic mass is 9.82. The van der Waals surface area contributed by atoms with Crippen molar-refractivity contribution in [3.05, 3.63) is 16.9 Å². The van der Waals surface area contributed by atoms with Gasteiger partial charge in [0.1, 0.15) is 6.10 Å². The second-order valence-electron chi connectivity index (χ2n) is 5.86. The summed E-state index contributed by atoms with van der Waals surface area (Å²) in [4.78, 5) is 0. The Hall–Kier alpha value is -0.580. The predicted molar refractivity (Wildman–Crippen MR) is 84.5 cm³/mol. The van der Waals surface area contributed by atoms with Crippen LogP contribution in [0.5, 0.6) is 0 Å². The quantitative estimate of drug-likeness (QED) is 0.828. The van der Waals surface area contributed by atoms with Gasteiger partial charge in [-0.05, 0) is 32.1 Å². The molecule has 1 aromatic heterocycles. The molecule has 2 rings (SSSR count). The van der Waals surface area contributed by atoms with Crippen LogP contribution in [0, 0.1) is 5.92 Å². The average Bonchev–Trinajstić information content (AvgIpc) is 2.86. The Bertz CT molecular complexity index is 430. The summed E-state index contributed by atoms with van der Waals surface area (Å²) in [6.45, 7) is 5.45. The number of aromatic nitrogens is 2. The fourth-order valence-corrected chi connectivity index (χ4v) is 3.60. The van der Waals surface area contributed by atoms with E-state index in [1.165, 1.54) is 19.3 Å². The zero-order chi connectivity index (χ0) is 15.2. The Morgan fingerprint density at radius 3 is 2.71 bits per heavy atom. The molecule has 0 bridgehead atoms. The fraction of sp³-hybridized carbons (Fsp3) is 0.812. The third-order valence-electron chi connectivity index (χ3n) is 4.33. The Balaban J connectivity index is 2.20. The van der Waals surface area contributed by atoms with Crippen molar-refractivity contribution >= 4 is 11.6 Å². The van der Waals surface area contributed by atoms with Gasteiger partial charge < -0.3 is 9.84 Å². The van der Waals surface area contributed by atoms with Crippen molar-refractivity contribution in [2.24, 2.45) is 5.92 Å². The van der Waals surface area contributed by atoms with E-state index in [9.17, 15) is 5.11 Å². The summed E-state index contributed by atoms with van der Waals surface area (Å²) in [7, 11) is 0. The lowest BCUT2D eigenvalue weighted by molar-refractivity contribution is -0.0767. The van der Waals surface area contributed by atoms with E-state index in [1.807, 2.05) is 11.6 Å². The molecule has 2 atom stereocenters. The van der Waals surface area contributed by atoms with Gasteiger partial charge in [-0.25, -0.2) is 0 Å². The second kappa shape index (κ2) is 8.16. The number of rotatable bonds is 7. The Morgan fingerprint density at radius 1 is 1.38 bits per heavy atom. The van der Waals surface area contributed by atoms with Crippen LogP contribution in [-0.2, 0) is 11.3 Å². The molecule has 0 saturated heterocycles. The standard InChI is InChI=1S/C16H27ClN2O2/c1-3-10-19-14(13(17)11-18-19)15(20)16(21-4-2)12-8-6-5-7-9-12/h11-12,15-16,20H,3-10H2,1-2H3. The Morgan fingerprint density at radius 2 is 2.10 bits per heavy atom. The molecule has 1 aliphatic carbocycles. The van der Waals surface area contributed by atoms with E-state index in [0.717, 1.165) is 25.8 Å². The van der Waals surface area contributed by atoms with Crippen molar-refractivity contribution in [2.45, 2.75) is 71.1 Å². The van der Waals surface area contributed by atoms with Crippen LogP contribution in [0.1, 0.15) is 64.2 Å². The average molecular weight is 315 g/mol. The molecule has 0 spiro atoms. The van der Waals surface area contributed by atoms with Crippen LogP contribution in [0.2, 0.25) is 5.02 Å². The summed E-state index contributed by atoms with van der Waals surface area (Å²) >= 11 is 6.26. The minimum Gasteiger partial charge on any atom is -0.384 e. The highest BCUT2D eigenvalue weighted by atomic mass is 35.5. The maximum absolute atomic E-state index is 10.9. The summed E-state index contributed by atoms with van der Waals surface area (Å²) in [5, 5.41) is 15.7. The fourth-order valence-electron chi connectivity index (χ4n) is 3.35. The molecule has 0 radical (unpaired) electrons. The molecule has 0 aliphatic heterocycles. The van der Waals surface area contributed by atoms with Crippen LogP contribution in [0.4, 0.5) is 0 Å². The van der Waals surface area contributed by atoms with Crippen molar-refractivity contribution in [3.63, 3.8) is 0 Å². The van der Waals surface area contributed by atoms with Gasteiger partial charge in [-0.2, -0.15) is 5.10 Å². The molecule has 0 amide bonds. The molecule has 0 aromatic carbocycles. The van der Waals surface area contributed by atoms with Gasteiger partial charge in [0.2, 0.25) is 0 Å². The summed E-state index contributed by atoms with van der Waals surface area (Å²) < 4.78 is 7.73. The highest BCUT2D eigenvalue weighted by Crippen LogP contribution is 2.36. The minimum atomic E-state index is -0.699. The van der Waals surface area contributed by atoms with Gasteiger partial charge in [-0.1, -0.05) is 37.8 Å². The Kier molecular flexibility index (Phi) is 6.52. The molecule has 2 unspecified atom stereocenters. The lowest BCUT2D eigenvalue weighted by Crippen LogP contribution is -2.33. The van der Waals surface area contributed by atoms with Crippen molar-refractivity contribution in [1.82, 2.24) is 9.78 Å². The highest BCUT2D eigenvalue weighted by molar-refractivity contribution is 6.31. The number of aliphatic hydroxyl groups is 1. The van der Waals surface area contributed by atoms with Crippen molar-refractivity contribution in [3.8, 4) is 0 Å². The van der Waals surface area contributed by atoms with Gasteiger partial charge in [0.25, 0.3) is 0 Å². The van der Waals surface area contributed by atoms with E-state index in [0.29, 0.717) is 23.2 Å². The zero-order valence-electron chi connectivity index (χ0n) is 13.1. The monoisotopic (exact) mass is 314 g/mol. The third kappa shape index (κ3) is 3.99. The number of ether oxygens (including phenoxy) is 1. The van der Waals surface area contributed by atoms with Crippen LogP contribution in [-0.4, -0.2) is 27.6 Å². The number of hydrogen-bond acceptors (Lipinski definition) is 3. The van der Waals surface area contributed by atoms with Crippen LogP contribution >= 0.6 is 11.6 Å². The molecule has 1 heterocycles. The second-order valence-corrected chi connectivity index (χ2v) is 6.27. The van der Waals surface area contributed by atoms with Crippen LogP contribution in [0.15, 0.2) is 6.20 Å². The van der Waals surface area contributed by atoms with Crippen LogP contribution in [0.25, 0.3) is 0 Å². The van der Waals surface area contributed by atoms with E-state index in [2.05, 4.69) is 12.0 Å². The molecule has 1 fully saturated rings. The zero-order valence-corrected chi connectivity index (χ0v) is 13.9. The van der Waals surface area contributed by atoms with E-state index < -0.39 is 6.10 Å². The molecule has 1 aliphatic rings. The van der Waals surface area contributed by atoms with E-state index in [1.54, 1.807) is 6.20 Å². The van der Waals surface area contributed by atoms with Gasteiger partial charge in [0.05, 0.1) is 23.0 Å². The first kappa shape index (κ1) is 16.8. The summed E-state index contributed by atoms with van der Waals surface area (Å²) in [5.74, 6) is 0.412. The number of hydrogen-bond donors (Lipinski definition) is 1. The van der Waals surface area contributed by atoms with Gasteiger partial charge in [0, 0.05) is 13.2 Å². The van der Waals surface area contributed by atoms with Crippen molar-refractivity contribution < 1.29 is 9.84 Å². The van der Waals surface area contributed by atoms with Gasteiger partial charge in [-0.15, -0.1) is 0 Å². The van der Waals surface area contributed by atoms with Crippen molar-refractivity contribution in [1.29, 1.82) is 0 Å². The first-order valence-corrected chi connectivity index (χ1v) is 8.57. The third-order valence-corrected chi connectivity index (χ3v) is 4.62. The highest BCUT2D eigenvalue weighted by Gasteiger charge is 2.34. The lowest BCUT2D eigenvalue weighted by Gasteiger charge is -2.33. The van der Waals surface area contributed by atoms with E-state index in [-0.39, 0.29) is 6.10 Å². The maximum atomic E-state index is 10.9. The first-order valence-electron chi connectivity index (χ1n) is 8.19. The largest absolute Gasteiger partial charge is 0.384 e. The van der Waals surface area contributed by atoms with E-state index >= 15 is 0 Å². The number of halogens is 1. The summed E-state index contributed by atoms with van der Waals surface area (Å²) in [5.41, 5.74) is 0.711. The van der Waals surface area contributed by atoms with E-state index in [4.69, 9.17) is 16.3 Å². The predicted octanol–water partition coefficient (Wildman–Crippen LogP) is 3.97. The smallest absolute Gasteiger partial charge is 0.123 e. The maximum Gasteiger partial charge on any atom is 0.123 e. The van der Waals surface area contributed by atoms with Gasteiger partial charge in [-0.3, -0.25) is 4.68 Å². The number of aryl methyl sites for hydroxylation is 1. The topological polar surface area (TPSA) is 47.3 Å². The first-order chi connectivity index (χ1) is 10.2. The molecular formula is C16H27ClN2O2. The van der Waals surface area contributed by atoms with Gasteiger partial charge >= 0.3 is 0 Å². The molecule has 4 nitrogen and oxygen atoms in total. The SMILES string of the molecule is CCCn1ncc(Cl)c1C(O)C(OCC)C1CCCCC1.